The molecule has 2 aliphatic rings. The summed E-state index contributed by atoms with van der Waals surface area (Å²) >= 11 is 3.40. The second kappa shape index (κ2) is 5.61. The Kier molecular flexibility index (Phi) is 3.84. The van der Waals surface area contributed by atoms with E-state index in [2.05, 4.69) is 10.3 Å². The lowest BCUT2D eigenvalue weighted by molar-refractivity contribution is -0.141. The first kappa shape index (κ1) is 13.7. The Labute approximate surface area is 124 Å². The molecule has 1 atom stereocenters. The largest absolute Gasteiger partial charge is 0.481 e. The number of nitrogens with one attached hydrogen (secondary N) is 1. The number of thioether (sulfide) groups is 1. The van der Waals surface area contributed by atoms with Gasteiger partial charge in [0.05, 0.1) is 11.6 Å². The number of fused-ring (bicyclic) bond motifs is 1. The Morgan fingerprint density at radius 1 is 1.45 bits per heavy atom. The van der Waals surface area contributed by atoms with Crippen LogP contribution in [0.15, 0.2) is 0 Å². The molecule has 1 aromatic heterocycles. The molecule has 0 spiro atoms. The number of nitrogens with zero attached hydrogens (tertiary/aromatic N) is 2. The van der Waals surface area contributed by atoms with Crippen LogP contribution in [0, 0.1) is 5.92 Å². The zero-order valence-corrected chi connectivity index (χ0v) is 12.4. The molecule has 2 N–H and O–H groups in total. The fourth-order valence-electron chi connectivity index (χ4n) is 2.40. The van der Waals surface area contributed by atoms with Gasteiger partial charge in [0.15, 0.2) is 5.13 Å². The molecule has 1 unspecified atom stereocenters. The fourth-order valence-corrected chi connectivity index (χ4v) is 4.51. The number of rotatable bonds is 2. The summed E-state index contributed by atoms with van der Waals surface area (Å²) in [6, 6.07) is -0.243. The number of carbonyl (C=O) groups excluding carboxylic acids is 1. The van der Waals surface area contributed by atoms with Crippen LogP contribution in [0.1, 0.15) is 17.0 Å². The van der Waals surface area contributed by atoms with Gasteiger partial charge in [0.25, 0.3) is 0 Å². The number of likely N-dealkylation sites (tertiary alicyclic amines) is 1. The second-order valence-electron chi connectivity index (χ2n) is 4.89. The predicted octanol–water partition coefficient (Wildman–Crippen LogP) is 1.87. The van der Waals surface area contributed by atoms with Crippen molar-refractivity contribution in [2.45, 2.75) is 18.6 Å². The van der Waals surface area contributed by atoms with Crippen LogP contribution < -0.4 is 5.32 Å². The lowest BCUT2D eigenvalue weighted by Gasteiger charge is -2.15. The molecule has 0 saturated carbocycles. The van der Waals surface area contributed by atoms with Crippen LogP contribution >= 0.6 is 23.1 Å². The second-order valence-corrected chi connectivity index (χ2v) is 7.08. The first-order valence-corrected chi connectivity index (χ1v) is 8.45. The number of hydrogen-bond donors (Lipinski definition) is 2. The molecule has 3 heterocycles. The smallest absolute Gasteiger partial charge is 0.323 e. The van der Waals surface area contributed by atoms with Crippen LogP contribution in [0.3, 0.4) is 0 Å². The van der Waals surface area contributed by atoms with E-state index in [0.717, 1.165) is 23.6 Å². The minimum absolute atomic E-state index is 0.243. The van der Waals surface area contributed by atoms with Crippen molar-refractivity contribution >= 4 is 40.2 Å². The Morgan fingerprint density at radius 2 is 2.30 bits per heavy atom. The number of aromatic nitrogens is 1. The number of amides is 2. The van der Waals surface area contributed by atoms with Crippen LogP contribution in [-0.4, -0.2) is 45.8 Å². The molecule has 2 amide bonds. The van der Waals surface area contributed by atoms with E-state index in [1.165, 1.54) is 16.2 Å². The molecule has 108 valence electrons. The van der Waals surface area contributed by atoms with E-state index in [1.807, 2.05) is 11.8 Å². The van der Waals surface area contributed by atoms with Gasteiger partial charge in [-0.2, -0.15) is 11.8 Å². The first-order chi connectivity index (χ1) is 9.63. The number of carboxylic acids is 1. The van der Waals surface area contributed by atoms with E-state index in [1.54, 1.807) is 4.90 Å². The van der Waals surface area contributed by atoms with Gasteiger partial charge in [0, 0.05) is 23.7 Å². The molecule has 20 heavy (non-hydrogen) atoms. The van der Waals surface area contributed by atoms with E-state index < -0.39 is 11.9 Å². The van der Waals surface area contributed by atoms with Crippen molar-refractivity contribution in [2.24, 2.45) is 5.92 Å². The molecule has 1 saturated heterocycles. The third kappa shape index (κ3) is 2.76. The van der Waals surface area contributed by atoms with Gasteiger partial charge in [-0.15, -0.1) is 11.3 Å². The molecular weight excluding hydrogens is 298 g/mol. The molecular formula is C12H15N3O3S2. The molecule has 0 aromatic carbocycles. The van der Waals surface area contributed by atoms with Crippen molar-refractivity contribution < 1.29 is 14.7 Å². The van der Waals surface area contributed by atoms with Crippen LogP contribution in [0.25, 0.3) is 0 Å². The van der Waals surface area contributed by atoms with Crippen molar-refractivity contribution in [1.29, 1.82) is 0 Å². The van der Waals surface area contributed by atoms with Gasteiger partial charge in [-0.25, -0.2) is 9.78 Å². The maximum absolute atomic E-state index is 12.1. The molecule has 6 nitrogen and oxygen atoms in total. The van der Waals surface area contributed by atoms with Gasteiger partial charge in [0.2, 0.25) is 0 Å². The molecule has 3 rings (SSSR count). The highest BCUT2D eigenvalue weighted by molar-refractivity contribution is 7.98. The quantitative estimate of drug-likeness (QED) is 0.871. The summed E-state index contributed by atoms with van der Waals surface area (Å²) in [6.45, 7) is 0.770. The van der Waals surface area contributed by atoms with Crippen molar-refractivity contribution in [1.82, 2.24) is 9.88 Å². The lowest BCUT2D eigenvalue weighted by Crippen LogP contribution is -2.33. The highest BCUT2D eigenvalue weighted by atomic mass is 32.2. The summed E-state index contributed by atoms with van der Waals surface area (Å²) in [6.07, 6.45) is 1.48. The van der Waals surface area contributed by atoms with Crippen LogP contribution in [-0.2, 0) is 17.0 Å². The van der Waals surface area contributed by atoms with Crippen LogP contribution in [0.2, 0.25) is 0 Å². The fraction of sp³-hybridized carbons (Fsp3) is 0.583. The average Bonchev–Trinajstić information content (AvgIpc) is 3.04. The highest BCUT2D eigenvalue weighted by Crippen LogP contribution is 2.32. The van der Waals surface area contributed by atoms with Gasteiger partial charge in [-0.1, -0.05) is 0 Å². The van der Waals surface area contributed by atoms with Crippen molar-refractivity contribution in [3.8, 4) is 0 Å². The Morgan fingerprint density at radius 3 is 3.00 bits per heavy atom. The van der Waals surface area contributed by atoms with E-state index in [-0.39, 0.29) is 12.6 Å². The zero-order chi connectivity index (χ0) is 14.1. The Hall–Kier alpha value is -1.28. The van der Waals surface area contributed by atoms with E-state index in [0.29, 0.717) is 18.1 Å². The van der Waals surface area contributed by atoms with Crippen molar-refractivity contribution in [3.05, 3.63) is 10.6 Å². The SMILES string of the molecule is O=C(O)C1CCN(C(=O)Nc2nc3c(s2)CSCC3)C1. The van der Waals surface area contributed by atoms with Gasteiger partial charge < -0.3 is 10.0 Å². The minimum Gasteiger partial charge on any atom is -0.481 e. The summed E-state index contributed by atoms with van der Waals surface area (Å²) < 4.78 is 0. The van der Waals surface area contributed by atoms with Crippen molar-refractivity contribution in [2.75, 3.05) is 24.2 Å². The average molecular weight is 313 g/mol. The molecule has 1 aromatic rings. The Bertz CT molecular complexity index is 523. The summed E-state index contributed by atoms with van der Waals surface area (Å²) in [4.78, 5) is 30.2. The monoisotopic (exact) mass is 313 g/mol. The predicted molar refractivity (Wildman–Crippen MR) is 78.3 cm³/mol. The summed E-state index contributed by atoms with van der Waals surface area (Å²) in [5.74, 6) is 0.771. The summed E-state index contributed by atoms with van der Waals surface area (Å²) in [5.41, 5.74) is 1.09. The van der Waals surface area contributed by atoms with E-state index >= 15 is 0 Å². The van der Waals surface area contributed by atoms with Crippen LogP contribution in [0.4, 0.5) is 9.93 Å². The third-order valence-corrected chi connectivity index (χ3v) is 5.71. The number of thiazole rings is 1. The molecule has 1 fully saturated rings. The molecule has 0 radical (unpaired) electrons. The topological polar surface area (TPSA) is 82.5 Å². The highest BCUT2D eigenvalue weighted by Gasteiger charge is 2.31. The third-order valence-electron chi connectivity index (χ3n) is 3.53. The van der Waals surface area contributed by atoms with E-state index in [4.69, 9.17) is 5.11 Å². The number of anilines is 1. The lowest BCUT2D eigenvalue weighted by atomic mass is 10.1. The first-order valence-electron chi connectivity index (χ1n) is 6.48. The van der Waals surface area contributed by atoms with Gasteiger partial charge in [0.1, 0.15) is 0 Å². The standard InChI is InChI=1S/C12H15N3O3S2/c16-10(17)7-1-3-15(5-7)12(18)14-11-13-8-2-4-19-6-9(8)20-11/h7H,1-6H2,(H,16,17)(H,13,14,18). The normalized spacial score (nSPS) is 21.6. The number of aliphatic carboxylic acids is 1. The number of carbonyl (C=O) groups is 2. The minimum atomic E-state index is -0.831. The number of urea groups is 1. The number of carboxylic acid groups (broad SMARTS) is 1. The Balaban J connectivity index is 1.62. The summed E-state index contributed by atoms with van der Waals surface area (Å²) in [7, 11) is 0. The number of hydrogen-bond acceptors (Lipinski definition) is 5. The molecule has 2 aliphatic heterocycles. The number of aryl methyl sites for hydroxylation is 1. The van der Waals surface area contributed by atoms with Gasteiger partial charge in [-0.05, 0) is 18.6 Å². The summed E-state index contributed by atoms with van der Waals surface area (Å²) in [5, 5.41) is 12.4. The van der Waals surface area contributed by atoms with Crippen molar-refractivity contribution in [3.63, 3.8) is 0 Å². The molecule has 0 bridgehead atoms. The van der Waals surface area contributed by atoms with Gasteiger partial charge in [-0.3, -0.25) is 10.1 Å². The molecule has 0 aliphatic carbocycles. The zero-order valence-electron chi connectivity index (χ0n) is 10.8. The van der Waals surface area contributed by atoms with Crippen LogP contribution in [0.5, 0.6) is 0 Å². The molecule has 8 heteroatoms. The maximum Gasteiger partial charge on any atom is 0.323 e. The maximum atomic E-state index is 12.1. The van der Waals surface area contributed by atoms with Gasteiger partial charge >= 0.3 is 12.0 Å². The van der Waals surface area contributed by atoms with E-state index in [9.17, 15) is 9.59 Å².